The van der Waals surface area contributed by atoms with E-state index in [2.05, 4.69) is 5.32 Å². The number of amides is 1. The lowest BCUT2D eigenvalue weighted by Crippen LogP contribution is -2.27. The minimum Gasteiger partial charge on any atom is -0.466 e. The maximum Gasteiger partial charge on any atom is 0.355 e. The van der Waals surface area contributed by atoms with Gasteiger partial charge >= 0.3 is 5.97 Å². The fourth-order valence-electron chi connectivity index (χ4n) is 2.18. The first-order chi connectivity index (χ1) is 13.2. The van der Waals surface area contributed by atoms with Crippen molar-refractivity contribution in [2.24, 2.45) is 0 Å². The molecule has 1 amide bonds. The normalized spacial score (nSPS) is 11.5. The first kappa shape index (κ1) is 18.0. The second-order valence-corrected chi connectivity index (χ2v) is 5.46. The van der Waals surface area contributed by atoms with Gasteiger partial charge in [0.25, 0.3) is 0 Å². The molecule has 6 heteroatoms. The Morgan fingerprint density at radius 3 is 2.44 bits per heavy atom. The van der Waals surface area contributed by atoms with Gasteiger partial charge in [-0.05, 0) is 35.9 Å². The summed E-state index contributed by atoms with van der Waals surface area (Å²) < 4.78 is 15.5. The number of hydrogen-bond acceptors (Lipinski definition) is 5. The van der Waals surface area contributed by atoms with Crippen LogP contribution in [0.1, 0.15) is 17.1 Å². The lowest BCUT2D eigenvalue weighted by molar-refractivity contribution is -0.141. The van der Waals surface area contributed by atoms with E-state index in [-0.39, 0.29) is 12.3 Å². The van der Waals surface area contributed by atoms with Gasteiger partial charge in [-0.3, -0.25) is 4.79 Å². The average molecular weight is 363 g/mol. The fraction of sp³-hybridized carbons (Fsp3) is 0.0476. The Bertz CT molecular complexity index is 922. The topological polar surface area (TPSA) is 81.7 Å². The molecule has 0 radical (unpaired) electrons. The summed E-state index contributed by atoms with van der Waals surface area (Å²) in [5.41, 5.74) is 0.823. The van der Waals surface area contributed by atoms with Crippen LogP contribution in [0.15, 0.2) is 87.7 Å². The number of benzene rings is 1. The summed E-state index contributed by atoms with van der Waals surface area (Å²) in [4.78, 5) is 24.6. The van der Waals surface area contributed by atoms with Gasteiger partial charge < -0.3 is 18.9 Å². The average Bonchev–Trinajstić information content (AvgIpc) is 3.39. The van der Waals surface area contributed by atoms with E-state index >= 15 is 0 Å². The van der Waals surface area contributed by atoms with Gasteiger partial charge in [-0.15, -0.1) is 0 Å². The molecule has 1 aromatic carbocycles. The van der Waals surface area contributed by atoms with Crippen molar-refractivity contribution in [2.45, 2.75) is 6.61 Å². The molecular weight excluding hydrogens is 346 g/mol. The Kier molecular flexibility index (Phi) is 6.04. The minimum absolute atomic E-state index is 0.0424. The van der Waals surface area contributed by atoms with E-state index in [4.69, 9.17) is 13.6 Å². The molecule has 0 unspecified atom stereocenters. The predicted molar refractivity (Wildman–Crippen MR) is 98.8 cm³/mol. The quantitative estimate of drug-likeness (QED) is 0.510. The zero-order valence-electron chi connectivity index (χ0n) is 14.3. The molecule has 2 heterocycles. The van der Waals surface area contributed by atoms with Crippen molar-refractivity contribution in [1.82, 2.24) is 5.32 Å². The van der Waals surface area contributed by atoms with E-state index in [1.54, 1.807) is 30.3 Å². The number of nitrogens with one attached hydrogen (secondary N) is 1. The van der Waals surface area contributed by atoms with Crippen LogP contribution in [0.25, 0.3) is 12.2 Å². The van der Waals surface area contributed by atoms with Crippen molar-refractivity contribution in [3.8, 4) is 0 Å². The summed E-state index contributed by atoms with van der Waals surface area (Å²) in [5, 5.41) is 2.53. The molecule has 0 fully saturated rings. The van der Waals surface area contributed by atoms with Crippen molar-refractivity contribution in [3.05, 3.63) is 96.0 Å². The summed E-state index contributed by atoms with van der Waals surface area (Å²) in [6.45, 7) is -0.0446. The third-order valence-electron chi connectivity index (χ3n) is 3.46. The maximum absolute atomic E-state index is 12.4. The molecule has 1 N–H and O–H groups in total. The van der Waals surface area contributed by atoms with Gasteiger partial charge in [0, 0.05) is 12.2 Å². The van der Waals surface area contributed by atoms with Crippen LogP contribution in [0.3, 0.4) is 0 Å². The predicted octanol–water partition coefficient (Wildman–Crippen LogP) is 3.79. The number of rotatable bonds is 7. The molecule has 0 bridgehead atoms. The Hall–Kier alpha value is -3.80. The van der Waals surface area contributed by atoms with Gasteiger partial charge in [-0.25, -0.2) is 4.79 Å². The summed E-state index contributed by atoms with van der Waals surface area (Å²) in [6.07, 6.45) is 7.34. The van der Waals surface area contributed by atoms with E-state index in [9.17, 15) is 9.59 Å². The molecule has 0 saturated carbocycles. The van der Waals surface area contributed by atoms with Gasteiger partial charge in [0.15, 0.2) is 0 Å². The molecule has 0 saturated heterocycles. The summed E-state index contributed by atoms with van der Waals surface area (Å²) in [6, 6.07) is 16.1. The summed E-state index contributed by atoms with van der Waals surface area (Å²) >= 11 is 0. The molecule has 0 aliphatic carbocycles. The van der Waals surface area contributed by atoms with Crippen molar-refractivity contribution in [3.63, 3.8) is 0 Å². The molecule has 0 aliphatic heterocycles. The summed E-state index contributed by atoms with van der Waals surface area (Å²) in [7, 11) is 0. The van der Waals surface area contributed by atoms with E-state index < -0.39 is 11.9 Å². The van der Waals surface area contributed by atoms with Gasteiger partial charge in [0.1, 0.15) is 23.8 Å². The molecule has 2 aromatic heterocycles. The third-order valence-corrected chi connectivity index (χ3v) is 3.46. The monoisotopic (exact) mass is 363 g/mol. The van der Waals surface area contributed by atoms with Crippen LogP contribution in [-0.4, -0.2) is 11.9 Å². The van der Waals surface area contributed by atoms with Crippen LogP contribution in [0.5, 0.6) is 0 Å². The highest BCUT2D eigenvalue weighted by atomic mass is 16.5. The van der Waals surface area contributed by atoms with Crippen LogP contribution < -0.4 is 5.32 Å². The highest BCUT2D eigenvalue weighted by molar-refractivity contribution is 6.01. The molecule has 0 spiro atoms. The summed E-state index contributed by atoms with van der Waals surface area (Å²) in [5.74, 6) is -0.265. The Morgan fingerprint density at radius 1 is 0.963 bits per heavy atom. The lowest BCUT2D eigenvalue weighted by Gasteiger charge is -2.08. The van der Waals surface area contributed by atoms with Crippen molar-refractivity contribution >= 4 is 24.0 Å². The first-order valence-electron chi connectivity index (χ1n) is 8.19. The first-order valence-corrected chi connectivity index (χ1v) is 8.19. The van der Waals surface area contributed by atoms with Crippen LogP contribution in [0.4, 0.5) is 0 Å². The van der Waals surface area contributed by atoms with Crippen molar-refractivity contribution < 1.29 is 23.2 Å². The highest BCUT2D eigenvalue weighted by Crippen LogP contribution is 2.10. The van der Waals surface area contributed by atoms with Crippen molar-refractivity contribution in [1.29, 1.82) is 0 Å². The smallest absolute Gasteiger partial charge is 0.355 e. The van der Waals surface area contributed by atoms with Gasteiger partial charge in [0.05, 0.1) is 12.5 Å². The van der Waals surface area contributed by atoms with Gasteiger partial charge in [0.2, 0.25) is 5.91 Å². The molecule has 3 rings (SSSR count). The third kappa shape index (κ3) is 5.61. The Balaban J connectivity index is 1.68. The molecule has 0 atom stereocenters. The number of ether oxygens (including phenoxy) is 1. The minimum atomic E-state index is -0.704. The van der Waals surface area contributed by atoms with Gasteiger partial charge in [-0.1, -0.05) is 30.3 Å². The SMILES string of the molecule is O=C(/C=C/c1ccccc1)N/C(=C/c1ccco1)C(=O)OCc1ccco1. The van der Waals surface area contributed by atoms with E-state index in [0.717, 1.165) is 5.56 Å². The van der Waals surface area contributed by atoms with Gasteiger partial charge in [-0.2, -0.15) is 0 Å². The maximum atomic E-state index is 12.4. The standard InChI is InChI=1S/C21H17NO5/c23-20(11-10-16-6-2-1-3-7-16)22-19(14-17-8-4-12-25-17)21(24)27-15-18-9-5-13-26-18/h1-14H,15H2,(H,22,23)/b11-10+,19-14+. The fourth-order valence-corrected chi connectivity index (χ4v) is 2.18. The molecule has 3 aromatic rings. The number of hydrogen-bond donors (Lipinski definition) is 1. The number of carbonyl (C=O) groups is 2. The Labute approximate surface area is 155 Å². The second kappa shape index (κ2) is 9.05. The van der Waals surface area contributed by atoms with E-state index in [1.807, 2.05) is 30.3 Å². The van der Waals surface area contributed by atoms with E-state index in [1.165, 1.54) is 24.7 Å². The number of furan rings is 2. The zero-order chi connectivity index (χ0) is 18.9. The number of carbonyl (C=O) groups excluding carboxylic acids is 2. The van der Waals surface area contributed by atoms with Crippen LogP contribution in [0, 0.1) is 0 Å². The zero-order valence-corrected chi connectivity index (χ0v) is 14.3. The number of esters is 1. The molecule has 136 valence electrons. The van der Waals surface area contributed by atoms with Crippen molar-refractivity contribution in [2.75, 3.05) is 0 Å². The van der Waals surface area contributed by atoms with Crippen LogP contribution in [-0.2, 0) is 20.9 Å². The highest BCUT2D eigenvalue weighted by Gasteiger charge is 2.15. The van der Waals surface area contributed by atoms with Crippen LogP contribution in [0.2, 0.25) is 0 Å². The largest absolute Gasteiger partial charge is 0.466 e. The van der Waals surface area contributed by atoms with E-state index in [0.29, 0.717) is 11.5 Å². The molecule has 0 aliphatic rings. The Morgan fingerprint density at radius 2 is 1.74 bits per heavy atom. The van der Waals surface area contributed by atoms with Crippen LogP contribution >= 0.6 is 0 Å². The molecular formula is C21H17NO5. The molecule has 6 nitrogen and oxygen atoms in total. The molecule has 27 heavy (non-hydrogen) atoms. The lowest BCUT2D eigenvalue weighted by atomic mass is 10.2. The second-order valence-electron chi connectivity index (χ2n) is 5.46.